The third-order valence-electron chi connectivity index (χ3n) is 5.72. The standard InChI is InChI=1S/C19H25N3O3S/c23-16(22(14-6-7-14)13-15-5-4-12-26-15)8-11-21-17(24)19(20-18(21)25)9-2-1-3-10-19/h4-5,12,14H,1-3,6-11,13H2,(H,20,25). The van der Waals surface area contributed by atoms with Crippen molar-refractivity contribution >= 4 is 29.2 Å². The van der Waals surface area contributed by atoms with E-state index in [1.54, 1.807) is 11.3 Å². The molecule has 1 aliphatic heterocycles. The van der Waals surface area contributed by atoms with Crippen molar-refractivity contribution in [2.24, 2.45) is 0 Å². The third kappa shape index (κ3) is 3.37. The molecule has 0 atom stereocenters. The molecule has 4 amide bonds. The average Bonchev–Trinajstić information content (AvgIpc) is 3.30. The van der Waals surface area contributed by atoms with Crippen LogP contribution in [0.4, 0.5) is 4.79 Å². The van der Waals surface area contributed by atoms with Crippen LogP contribution in [0.25, 0.3) is 0 Å². The number of nitrogens with one attached hydrogen (secondary N) is 1. The monoisotopic (exact) mass is 375 g/mol. The van der Waals surface area contributed by atoms with Gasteiger partial charge in [0.1, 0.15) is 5.54 Å². The number of rotatable bonds is 6. The van der Waals surface area contributed by atoms with E-state index in [4.69, 9.17) is 0 Å². The van der Waals surface area contributed by atoms with E-state index >= 15 is 0 Å². The Kier molecular flexibility index (Phi) is 4.73. The van der Waals surface area contributed by atoms with Gasteiger partial charge in [0.2, 0.25) is 5.91 Å². The minimum Gasteiger partial charge on any atom is -0.335 e. The van der Waals surface area contributed by atoms with Gasteiger partial charge in [-0.15, -0.1) is 11.3 Å². The van der Waals surface area contributed by atoms with Crippen molar-refractivity contribution < 1.29 is 14.4 Å². The van der Waals surface area contributed by atoms with Gasteiger partial charge in [0.05, 0.1) is 6.54 Å². The van der Waals surface area contributed by atoms with Crippen LogP contribution in [0.2, 0.25) is 0 Å². The number of carbonyl (C=O) groups excluding carboxylic acids is 3. The molecule has 2 saturated carbocycles. The van der Waals surface area contributed by atoms with Gasteiger partial charge in [0.25, 0.3) is 5.91 Å². The maximum absolute atomic E-state index is 12.8. The Balaban J connectivity index is 1.37. The van der Waals surface area contributed by atoms with Gasteiger partial charge in [-0.05, 0) is 37.1 Å². The van der Waals surface area contributed by atoms with Gasteiger partial charge >= 0.3 is 6.03 Å². The Morgan fingerprint density at radius 2 is 2.04 bits per heavy atom. The first kappa shape index (κ1) is 17.5. The van der Waals surface area contributed by atoms with E-state index in [1.165, 1.54) is 9.78 Å². The quantitative estimate of drug-likeness (QED) is 0.777. The van der Waals surface area contributed by atoms with Crippen molar-refractivity contribution in [1.82, 2.24) is 15.1 Å². The second-order valence-corrected chi connectivity index (χ2v) is 8.64. The maximum Gasteiger partial charge on any atom is 0.325 e. The highest BCUT2D eigenvalue weighted by molar-refractivity contribution is 7.09. The molecule has 140 valence electrons. The minimum absolute atomic E-state index is 0.0334. The molecule has 4 rings (SSSR count). The van der Waals surface area contributed by atoms with Gasteiger partial charge in [-0.1, -0.05) is 25.3 Å². The predicted molar refractivity (Wildman–Crippen MR) is 98.6 cm³/mol. The van der Waals surface area contributed by atoms with E-state index in [-0.39, 0.29) is 30.8 Å². The first-order valence-electron chi connectivity index (χ1n) is 9.55. The fourth-order valence-corrected chi connectivity index (χ4v) is 4.80. The Morgan fingerprint density at radius 1 is 1.27 bits per heavy atom. The molecule has 1 aromatic rings. The maximum atomic E-state index is 12.8. The van der Waals surface area contributed by atoms with Crippen molar-refractivity contribution in [1.29, 1.82) is 0 Å². The van der Waals surface area contributed by atoms with Crippen LogP contribution in [0, 0.1) is 0 Å². The number of carbonyl (C=O) groups is 3. The fraction of sp³-hybridized carbons (Fsp3) is 0.632. The molecule has 6 nitrogen and oxygen atoms in total. The highest BCUT2D eigenvalue weighted by atomic mass is 32.1. The topological polar surface area (TPSA) is 69.7 Å². The highest BCUT2D eigenvalue weighted by Crippen LogP contribution is 2.34. The van der Waals surface area contributed by atoms with E-state index < -0.39 is 5.54 Å². The number of nitrogens with zero attached hydrogens (tertiary/aromatic N) is 2. The molecule has 0 bridgehead atoms. The van der Waals surface area contributed by atoms with Crippen molar-refractivity contribution in [2.75, 3.05) is 6.54 Å². The van der Waals surface area contributed by atoms with Crippen LogP contribution in [-0.2, 0) is 16.1 Å². The van der Waals surface area contributed by atoms with Gasteiger partial charge < -0.3 is 10.2 Å². The molecule has 3 aliphatic rings. The Hall–Kier alpha value is -1.89. The van der Waals surface area contributed by atoms with Crippen molar-refractivity contribution in [3.05, 3.63) is 22.4 Å². The van der Waals surface area contributed by atoms with Gasteiger partial charge in [-0.2, -0.15) is 0 Å². The largest absolute Gasteiger partial charge is 0.335 e. The lowest BCUT2D eigenvalue weighted by atomic mass is 9.82. The molecule has 1 aromatic heterocycles. The van der Waals surface area contributed by atoms with Crippen molar-refractivity contribution in [3.8, 4) is 0 Å². The first-order chi connectivity index (χ1) is 12.6. The van der Waals surface area contributed by atoms with Gasteiger partial charge in [0.15, 0.2) is 0 Å². The zero-order chi connectivity index (χ0) is 18.1. The molecule has 0 radical (unpaired) electrons. The Morgan fingerprint density at radius 3 is 2.69 bits per heavy atom. The lowest BCUT2D eigenvalue weighted by Gasteiger charge is -2.30. The Bertz CT molecular complexity index is 693. The number of hydrogen-bond acceptors (Lipinski definition) is 4. The lowest BCUT2D eigenvalue weighted by molar-refractivity contribution is -0.135. The van der Waals surface area contributed by atoms with Crippen LogP contribution in [-0.4, -0.2) is 45.8 Å². The summed E-state index contributed by atoms with van der Waals surface area (Å²) in [7, 11) is 0. The summed E-state index contributed by atoms with van der Waals surface area (Å²) < 4.78 is 0. The number of amides is 4. The number of urea groups is 1. The Labute approximate surface area is 157 Å². The molecular formula is C19H25N3O3S. The smallest absolute Gasteiger partial charge is 0.325 e. The summed E-state index contributed by atoms with van der Waals surface area (Å²) in [6.45, 7) is 0.810. The zero-order valence-corrected chi connectivity index (χ0v) is 15.7. The van der Waals surface area contributed by atoms with Crippen LogP contribution >= 0.6 is 11.3 Å². The lowest BCUT2D eigenvalue weighted by Crippen LogP contribution is -2.48. The number of hydrogen-bond donors (Lipinski definition) is 1. The SMILES string of the molecule is O=C1NC2(CCCCC2)C(=O)N1CCC(=O)N(Cc1cccs1)C1CC1. The zero-order valence-electron chi connectivity index (χ0n) is 14.9. The molecule has 7 heteroatoms. The molecule has 1 spiro atoms. The fourth-order valence-electron chi connectivity index (χ4n) is 4.10. The average molecular weight is 375 g/mol. The molecule has 1 N–H and O–H groups in total. The molecular weight excluding hydrogens is 350 g/mol. The molecule has 0 unspecified atom stereocenters. The normalized spacial score (nSPS) is 21.9. The summed E-state index contributed by atoms with van der Waals surface area (Å²) in [6, 6.07) is 4.02. The van der Waals surface area contributed by atoms with Crippen LogP contribution in [0.15, 0.2) is 17.5 Å². The molecule has 1 saturated heterocycles. The van der Waals surface area contributed by atoms with E-state index in [0.29, 0.717) is 25.4 Å². The number of imide groups is 1. The second-order valence-electron chi connectivity index (χ2n) is 7.61. The van der Waals surface area contributed by atoms with E-state index in [0.717, 1.165) is 32.1 Å². The van der Waals surface area contributed by atoms with Gasteiger partial charge in [0, 0.05) is 23.9 Å². The third-order valence-corrected chi connectivity index (χ3v) is 6.58. The van der Waals surface area contributed by atoms with Crippen LogP contribution < -0.4 is 5.32 Å². The summed E-state index contributed by atoms with van der Waals surface area (Å²) in [5.41, 5.74) is -0.703. The van der Waals surface area contributed by atoms with Crippen molar-refractivity contribution in [2.45, 2.75) is 69.5 Å². The molecule has 0 aromatic carbocycles. The molecule has 2 heterocycles. The molecule has 3 fully saturated rings. The first-order valence-corrected chi connectivity index (χ1v) is 10.4. The molecule has 2 aliphatic carbocycles. The summed E-state index contributed by atoms with van der Waals surface area (Å²) in [5.74, 6) is -0.0997. The predicted octanol–water partition coefficient (Wildman–Crippen LogP) is 2.88. The van der Waals surface area contributed by atoms with Crippen LogP contribution in [0.5, 0.6) is 0 Å². The molecule has 26 heavy (non-hydrogen) atoms. The van der Waals surface area contributed by atoms with Crippen molar-refractivity contribution in [3.63, 3.8) is 0 Å². The van der Waals surface area contributed by atoms with E-state index in [9.17, 15) is 14.4 Å². The van der Waals surface area contributed by atoms with Gasteiger partial charge in [-0.25, -0.2) is 4.79 Å². The summed E-state index contributed by atoms with van der Waals surface area (Å²) in [6.07, 6.45) is 6.78. The van der Waals surface area contributed by atoms with E-state index in [2.05, 4.69) is 5.32 Å². The van der Waals surface area contributed by atoms with Crippen LogP contribution in [0.3, 0.4) is 0 Å². The van der Waals surface area contributed by atoms with Crippen LogP contribution in [0.1, 0.15) is 56.2 Å². The number of thiophene rings is 1. The summed E-state index contributed by atoms with van der Waals surface area (Å²) in [5, 5.41) is 4.92. The second kappa shape index (κ2) is 7.02. The summed E-state index contributed by atoms with van der Waals surface area (Å²) in [4.78, 5) is 42.2. The minimum atomic E-state index is -0.703. The summed E-state index contributed by atoms with van der Waals surface area (Å²) >= 11 is 1.65. The van der Waals surface area contributed by atoms with E-state index in [1.807, 2.05) is 22.4 Å². The van der Waals surface area contributed by atoms with Gasteiger partial charge in [-0.3, -0.25) is 14.5 Å². The highest BCUT2D eigenvalue weighted by Gasteiger charge is 2.51.